The molecule has 4 atom stereocenters. The Morgan fingerprint density at radius 1 is 1.00 bits per heavy atom. The maximum atomic E-state index is 5.99. The molecule has 0 aromatic heterocycles. The lowest BCUT2D eigenvalue weighted by Gasteiger charge is -2.09. The van der Waals surface area contributed by atoms with E-state index in [9.17, 15) is 0 Å². The third-order valence-corrected chi connectivity index (χ3v) is 5.21. The van der Waals surface area contributed by atoms with E-state index in [4.69, 9.17) is 16.6 Å². The minimum absolute atomic E-state index is 0.255. The Kier molecular flexibility index (Phi) is 3.32. The molecule has 0 radical (unpaired) electrons. The fraction of sp³-hybridized carbons (Fsp3) is 0.235. The number of rotatable bonds is 2. The van der Waals surface area contributed by atoms with Gasteiger partial charge in [-0.1, -0.05) is 35.9 Å². The molecule has 4 rings (SSSR count). The molecule has 21 heavy (non-hydrogen) atoms. The fourth-order valence-electron chi connectivity index (χ4n) is 3.23. The quantitative estimate of drug-likeness (QED) is 0.527. The van der Waals surface area contributed by atoms with Gasteiger partial charge in [-0.2, -0.15) is 0 Å². The Morgan fingerprint density at radius 3 is 2.33 bits per heavy atom. The summed E-state index contributed by atoms with van der Waals surface area (Å²) in [6, 6.07) is 17.7. The average Bonchev–Trinajstić information content (AvgIpc) is 3.13. The highest BCUT2D eigenvalue weighted by Gasteiger charge is 2.57. The average molecular weight is 409 g/mol. The maximum Gasteiger partial charge on any atom is 0.101 e. The van der Waals surface area contributed by atoms with Crippen molar-refractivity contribution in [3.05, 3.63) is 68.3 Å². The first-order valence-electron chi connectivity index (χ1n) is 7.02. The van der Waals surface area contributed by atoms with E-state index in [1.807, 2.05) is 12.1 Å². The molecule has 0 amide bonds. The molecular weight excluding hydrogens is 395 g/mol. The van der Waals surface area contributed by atoms with E-state index in [1.165, 1.54) is 20.4 Å². The summed E-state index contributed by atoms with van der Waals surface area (Å²) in [4.78, 5) is 7.28. The van der Waals surface area contributed by atoms with Gasteiger partial charge in [0.1, 0.15) is 6.17 Å². The number of hydrogen-bond acceptors (Lipinski definition) is 2. The van der Waals surface area contributed by atoms with Gasteiger partial charge in [-0.3, -0.25) is 9.89 Å². The molecule has 0 spiro atoms. The molecule has 1 fully saturated rings. The minimum Gasteiger partial charge on any atom is -0.269 e. The molecule has 2 aliphatic heterocycles. The predicted octanol–water partition coefficient (Wildman–Crippen LogP) is 4.52. The van der Waals surface area contributed by atoms with Crippen LogP contribution in [0.25, 0.3) is 0 Å². The predicted molar refractivity (Wildman–Crippen MR) is 95.0 cm³/mol. The van der Waals surface area contributed by atoms with Crippen LogP contribution in [-0.2, 0) is 0 Å². The van der Waals surface area contributed by atoms with Crippen LogP contribution < -0.4 is 0 Å². The number of nitrogens with zero attached hydrogens (tertiary/aromatic N) is 2. The van der Waals surface area contributed by atoms with Crippen LogP contribution in [0.15, 0.2) is 53.5 Å². The van der Waals surface area contributed by atoms with Crippen molar-refractivity contribution < 1.29 is 0 Å². The Labute approximate surface area is 143 Å². The van der Waals surface area contributed by atoms with Crippen LogP contribution in [0.3, 0.4) is 0 Å². The van der Waals surface area contributed by atoms with Gasteiger partial charge in [-0.05, 0) is 64.9 Å². The summed E-state index contributed by atoms with van der Waals surface area (Å²) in [5, 5.41) is 0.791. The van der Waals surface area contributed by atoms with E-state index >= 15 is 0 Å². The molecular formula is C17H14ClIN2. The lowest BCUT2D eigenvalue weighted by Crippen LogP contribution is -2.09. The highest BCUT2D eigenvalue weighted by atomic mass is 127. The third-order valence-electron chi connectivity index (χ3n) is 4.24. The van der Waals surface area contributed by atoms with Crippen LogP contribution in [-0.4, -0.2) is 22.8 Å². The first-order valence-corrected chi connectivity index (χ1v) is 8.47. The Bertz CT molecular complexity index is 709. The van der Waals surface area contributed by atoms with Crippen molar-refractivity contribution in [1.82, 2.24) is 4.90 Å². The summed E-state index contributed by atoms with van der Waals surface area (Å²) >= 11 is 8.32. The first-order chi connectivity index (χ1) is 10.1. The zero-order chi connectivity index (χ0) is 14.6. The Balaban J connectivity index is 1.65. The van der Waals surface area contributed by atoms with Gasteiger partial charge in [0.2, 0.25) is 0 Å². The maximum absolute atomic E-state index is 5.99. The van der Waals surface area contributed by atoms with Gasteiger partial charge in [0.25, 0.3) is 0 Å². The van der Waals surface area contributed by atoms with Crippen LogP contribution in [0.2, 0.25) is 5.02 Å². The van der Waals surface area contributed by atoms with Gasteiger partial charge >= 0.3 is 0 Å². The van der Waals surface area contributed by atoms with E-state index < -0.39 is 0 Å². The zero-order valence-electron chi connectivity index (χ0n) is 11.5. The number of halogens is 2. The van der Waals surface area contributed by atoms with Crippen LogP contribution >= 0.6 is 34.2 Å². The number of hydrogen-bond donors (Lipinski definition) is 0. The standard InChI is InChI=1S/C17H14ClIN2/c1-10-20-15(11-4-8-14(19)9-5-11)17-16(21(10)17)12-2-6-13(18)7-3-12/h2-10,16-17H,1H3/t10-,16+,17-,21?/m0/s1. The van der Waals surface area contributed by atoms with Gasteiger partial charge in [0.15, 0.2) is 0 Å². The summed E-state index contributed by atoms with van der Waals surface area (Å²) in [5.74, 6) is 0. The van der Waals surface area contributed by atoms with Gasteiger partial charge in [-0.25, -0.2) is 0 Å². The molecule has 1 unspecified atom stereocenters. The molecule has 0 aliphatic carbocycles. The summed E-state index contributed by atoms with van der Waals surface area (Å²) in [5.41, 5.74) is 3.79. The SMILES string of the molecule is C[C@H]1N=C(c2ccc(I)cc2)[C@H]2[C@@H](c3ccc(Cl)cc3)N12. The molecule has 0 saturated carbocycles. The van der Waals surface area contributed by atoms with E-state index in [0.29, 0.717) is 12.1 Å². The molecule has 2 heterocycles. The minimum atomic E-state index is 0.255. The molecule has 2 aromatic carbocycles. The van der Waals surface area contributed by atoms with Crippen molar-refractivity contribution in [3.63, 3.8) is 0 Å². The van der Waals surface area contributed by atoms with Crippen molar-refractivity contribution >= 4 is 39.9 Å². The monoisotopic (exact) mass is 408 g/mol. The van der Waals surface area contributed by atoms with E-state index in [-0.39, 0.29) is 6.17 Å². The molecule has 2 nitrogen and oxygen atoms in total. The van der Waals surface area contributed by atoms with Gasteiger partial charge in [0.05, 0.1) is 17.8 Å². The largest absolute Gasteiger partial charge is 0.269 e. The molecule has 0 bridgehead atoms. The van der Waals surface area contributed by atoms with Crippen LogP contribution in [0.5, 0.6) is 0 Å². The Hall–Kier alpha value is -0.910. The van der Waals surface area contributed by atoms with Crippen molar-refractivity contribution in [3.8, 4) is 0 Å². The summed E-state index contributed by atoms with van der Waals surface area (Å²) in [6.45, 7) is 2.17. The van der Waals surface area contributed by atoms with Gasteiger partial charge in [-0.15, -0.1) is 0 Å². The second-order valence-corrected chi connectivity index (χ2v) is 7.22. The number of benzene rings is 2. The van der Waals surface area contributed by atoms with Crippen LogP contribution in [0, 0.1) is 3.57 Å². The van der Waals surface area contributed by atoms with Crippen LogP contribution in [0.4, 0.5) is 0 Å². The van der Waals surface area contributed by atoms with E-state index in [2.05, 4.69) is 70.8 Å². The number of fused-ring (bicyclic) bond motifs is 1. The second-order valence-electron chi connectivity index (χ2n) is 5.54. The van der Waals surface area contributed by atoms with E-state index in [1.54, 1.807) is 0 Å². The van der Waals surface area contributed by atoms with Gasteiger partial charge < -0.3 is 0 Å². The van der Waals surface area contributed by atoms with Crippen molar-refractivity contribution in [2.75, 3.05) is 0 Å². The van der Waals surface area contributed by atoms with Crippen LogP contribution in [0.1, 0.15) is 24.1 Å². The highest BCUT2D eigenvalue weighted by Crippen LogP contribution is 2.50. The molecule has 2 aromatic rings. The second kappa shape index (κ2) is 5.07. The summed E-state index contributed by atoms with van der Waals surface area (Å²) in [6.07, 6.45) is 0.255. The molecule has 106 valence electrons. The molecule has 1 saturated heterocycles. The van der Waals surface area contributed by atoms with Crippen molar-refractivity contribution in [2.24, 2.45) is 4.99 Å². The smallest absolute Gasteiger partial charge is 0.101 e. The Morgan fingerprint density at radius 2 is 1.67 bits per heavy atom. The van der Waals surface area contributed by atoms with Crippen molar-refractivity contribution in [2.45, 2.75) is 25.2 Å². The number of aliphatic imine (C=N–C) groups is 1. The first kappa shape index (κ1) is 13.7. The molecule has 2 aliphatic rings. The van der Waals surface area contributed by atoms with Crippen molar-refractivity contribution in [1.29, 1.82) is 0 Å². The lowest BCUT2D eigenvalue weighted by molar-refractivity contribution is 0.419. The summed E-state index contributed by atoms with van der Waals surface area (Å²) < 4.78 is 1.25. The fourth-order valence-corrected chi connectivity index (χ4v) is 3.71. The highest BCUT2D eigenvalue weighted by molar-refractivity contribution is 14.1. The summed E-state index contributed by atoms with van der Waals surface area (Å²) in [7, 11) is 0. The normalized spacial score (nSPS) is 30.0. The molecule has 0 N–H and O–H groups in total. The van der Waals surface area contributed by atoms with Gasteiger partial charge in [0, 0.05) is 8.59 Å². The third kappa shape index (κ3) is 2.31. The lowest BCUT2D eigenvalue weighted by atomic mass is 10.0. The molecule has 4 heteroatoms. The van der Waals surface area contributed by atoms with E-state index in [0.717, 1.165) is 5.02 Å². The zero-order valence-corrected chi connectivity index (χ0v) is 14.4. The topological polar surface area (TPSA) is 15.4 Å².